The molecular formula is C12H18N2O2. The van der Waals surface area contributed by atoms with Gasteiger partial charge in [0.2, 0.25) is 0 Å². The summed E-state index contributed by atoms with van der Waals surface area (Å²) in [4.78, 5) is 13.4. The molecule has 0 atom stereocenters. The molecule has 88 valence electrons. The number of ether oxygens (including phenoxy) is 1. The van der Waals surface area contributed by atoms with Crippen LogP contribution in [0.1, 0.15) is 16.8 Å². The van der Waals surface area contributed by atoms with Gasteiger partial charge in [0.25, 0.3) is 0 Å². The highest BCUT2D eigenvalue weighted by molar-refractivity contribution is 5.90. The van der Waals surface area contributed by atoms with Gasteiger partial charge in [-0.05, 0) is 31.2 Å². The van der Waals surface area contributed by atoms with Crippen molar-refractivity contribution in [2.75, 3.05) is 32.1 Å². The van der Waals surface area contributed by atoms with Crippen molar-refractivity contribution in [2.24, 2.45) is 5.73 Å². The number of nitrogens with zero attached hydrogens (tertiary/aromatic N) is 1. The standard InChI is InChI=1S/C12H18N2O2/c1-14(8-4-7-13)11-6-3-5-10(9-11)12(15)16-2/h3,5-6,9H,4,7-8,13H2,1-2H3. The van der Waals surface area contributed by atoms with E-state index in [1.807, 2.05) is 25.2 Å². The Labute approximate surface area is 96.0 Å². The maximum absolute atomic E-state index is 11.3. The normalized spacial score (nSPS) is 9.94. The van der Waals surface area contributed by atoms with Gasteiger partial charge in [0.1, 0.15) is 0 Å². The lowest BCUT2D eigenvalue weighted by atomic mass is 10.2. The van der Waals surface area contributed by atoms with Gasteiger partial charge in [0, 0.05) is 19.3 Å². The highest BCUT2D eigenvalue weighted by Crippen LogP contribution is 2.15. The van der Waals surface area contributed by atoms with Crippen LogP contribution in [0.5, 0.6) is 0 Å². The molecule has 0 unspecified atom stereocenters. The number of esters is 1. The lowest BCUT2D eigenvalue weighted by Gasteiger charge is -2.19. The first-order valence-corrected chi connectivity index (χ1v) is 5.28. The van der Waals surface area contributed by atoms with Crippen LogP contribution in [0.4, 0.5) is 5.69 Å². The molecule has 0 aliphatic heterocycles. The van der Waals surface area contributed by atoms with Crippen molar-refractivity contribution in [3.05, 3.63) is 29.8 Å². The minimum atomic E-state index is -0.311. The third-order valence-corrected chi connectivity index (χ3v) is 2.41. The first kappa shape index (κ1) is 12.5. The quantitative estimate of drug-likeness (QED) is 0.762. The summed E-state index contributed by atoms with van der Waals surface area (Å²) in [6.07, 6.45) is 0.930. The molecule has 0 fully saturated rings. The van der Waals surface area contributed by atoms with Crippen molar-refractivity contribution >= 4 is 11.7 Å². The van der Waals surface area contributed by atoms with Crippen LogP contribution in [0, 0.1) is 0 Å². The summed E-state index contributed by atoms with van der Waals surface area (Å²) in [6.45, 7) is 1.54. The predicted molar refractivity (Wildman–Crippen MR) is 64.7 cm³/mol. The average molecular weight is 222 g/mol. The molecule has 2 N–H and O–H groups in total. The van der Waals surface area contributed by atoms with Gasteiger partial charge in [0.05, 0.1) is 12.7 Å². The summed E-state index contributed by atoms with van der Waals surface area (Å²) in [7, 11) is 3.36. The molecule has 0 radical (unpaired) electrons. The zero-order chi connectivity index (χ0) is 12.0. The second-order valence-corrected chi connectivity index (χ2v) is 3.61. The Balaban J connectivity index is 2.77. The van der Waals surface area contributed by atoms with E-state index in [2.05, 4.69) is 9.64 Å². The van der Waals surface area contributed by atoms with Crippen LogP contribution in [0.25, 0.3) is 0 Å². The number of hydrogen-bond donors (Lipinski definition) is 1. The molecule has 1 aromatic carbocycles. The van der Waals surface area contributed by atoms with E-state index < -0.39 is 0 Å². The molecule has 0 amide bonds. The van der Waals surface area contributed by atoms with E-state index in [0.29, 0.717) is 12.1 Å². The second-order valence-electron chi connectivity index (χ2n) is 3.61. The zero-order valence-corrected chi connectivity index (χ0v) is 9.77. The van der Waals surface area contributed by atoms with Gasteiger partial charge in [0.15, 0.2) is 0 Å². The summed E-state index contributed by atoms with van der Waals surface area (Å²) in [5.74, 6) is -0.311. The van der Waals surface area contributed by atoms with Gasteiger partial charge >= 0.3 is 5.97 Å². The SMILES string of the molecule is COC(=O)c1cccc(N(C)CCCN)c1. The molecule has 0 saturated carbocycles. The topological polar surface area (TPSA) is 55.6 Å². The third-order valence-electron chi connectivity index (χ3n) is 2.41. The Bertz CT molecular complexity index is 353. The van der Waals surface area contributed by atoms with Gasteiger partial charge < -0.3 is 15.4 Å². The zero-order valence-electron chi connectivity index (χ0n) is 9.77. The third kappa shape index (κ3) is 3.24. The van der Waals surface area contributed by atoms with Gasteiger partial charge in [-0.3, -0.25) is 0 Å². The maximum atomic E-state index is 11.3. The highest BCUT2D eigenvalue weighted by atomic mass is 16.5. The Morgan fingerprint density at radius 3 is 2.88 bits per heavy atom. The molecule has 1 rings (SSSR count). The average Bonchev–Trinajstić information content (AvgIpc) is 2.35. The van der Waals surface area contributed by atoms with Gasteiger partial charge in [-0.1, -0.05) is 6.07 Å². The van der Waals surface area contributed by atoms with Crippen LogP contribution in [0.3, 0.4) is 0 Å². The van der Waals surface area contributed by atoms with E-state index >= 15 is 0 Å². The van der Waals surface area contributed by atoms with Crippen molar-refractivity contribution in [1.29, 1.82) is 0 Å². The molecule has 0 saturated heterocycles. The van der Waals surface area contributed by atoms with Gasteiger partial charge in [-0.15, -0.1) is 0 Å². The Hall–Kier alpha value is -1.55. The van der Waals surface area contributed by atoms with Gasteiger partial charge in [-0.2, -0.15) is 0 Å². The minimum absolute atomic E-state index is 0.311. The molecule has 0 aromatic heterocycles. The largest absolute Gasteiger partial charge is 0.465 e. The number of anilines is 1. The van der Waals surface area contributed by atoms with Crippen LogP contribution < -0.4 is 10.6 Å². The second kappa shape index (κ2) is 6.12. The molecule has 0 aliphatic rings. The number of benzene rings is 1. The summed E-state index contributed by atoms with van der Waals surface area (Å²) >= 11 is 0. The van der Waals surface area contributed by atoms with Gasteiger partial charge in [-0.25, -0.2) is 4.79 Å². The molecule has 0 spiro atoms. The number of carbonyl (C=O) groups is 1. The van der Waals surface area contributed by atoms with Crippen molar-refractivity contribution in [3.63, 3.8) is 0 Å². The van der Waals surface area contributed by atoms with Crippen LogP contribution in [0.2, 0.25) is 0 Å². The van der Waals surface area contributed by atoms with Crippen LogP contribution in [0.15, 0.2) is 24.3 Å². The number of methoxy groups -OCH3 is 1. The van der Waals surface area contributed by atoms with Crippen molar-refractivity contribution in [3.8, 4) is 0 Å². The molecule has 0 bridgehead atoms. The van der Waals surface area contributed by atoms with E-state index in [9.17, 15) is 4.79 Å². The number of carbonyl (C=O) groups excluding carboxylic acids is 1. The summed E-state index contributed by atoms with van der Waals surface area (Å²) in [5.41, 5.74) is 7.02. The fraction of sp³-hybridized carbons (Fsp3) is 0.417. The molecule has 0 aliphatic carbocycles. The van der Waals surface area contributed by atoms with E-state index in [-0.39, 0.29) is 5.97 Å². The molecule has 0 heterocycles. The van der Waals surface area contributed by atoms with Crippen molar-refractivity contribution < 1.29 is 9.53 Å². The molecule has 4 heteroatoms. The fourth-order valence-electron chi connectivity index (χ4n) is 1.45. The minimum Gasteiger partial charge on any atom is -0.465 e. The van der Waals surface area contributed by atoms with Crippen LogP contribution in [-0.4, -0.2) is 33.2 Å². The lowest BCUT2D eigenvalue weighted by molar-refractivity contribution is 0.0601. The monoisotopic (exact) mass is 222 g/mol. The van der Waals surface area contributed by atoms with Crippen molar-refractivity contribution in [2.45, 2.75) is 6.42 Å². The maximum Gasteiger partial charge on any atom is 0.337 e. The van der Waals surface area contributed by atoms with E-state index in [1.165, 1.54) is 7.11 Å². The number of nitrogens with two attached hydrogens (primary N) is 1. The van der Waals surface area contributed by atoms with Crippen molar-refractivity contribution in [1.82, 2.24) is 0 Å². The molecule has 1 aromatic rings. The van der Waals surface area contributed by atoms with Crippen LogP contribution >= 0.6 is 0 Å². The summed E-state index contributed by atoms with van der Waals surface area (Å²) in [6, 6.07) is 7.37. The first-order valence-electron chi connectivity index (χ1n) is 5.28. The Morgan fingerprint density at radius 2 is 2.25 bits per heavy atom. The predicted octanol–water partition coefficient (Wildman–Crippen LogP) is 1.26. The lowest BCUT2D eigenvalue weighted by Crippen LogP contribution is -2.21. The number of hydrogen-bond acceptors (Lipinski definition) is 4. The number of rotatable bonds is 5. The Kier molecular flexibility index (Phi) is 4.79. The van der Waals surface area contributed by atoms with E-state index in [0.717, 1.165) is 18.7 Å². The fourth-order valence-corrected chi connectivity index (χ4v) is 1.45. The smallest absolute Gasteiger partial charge is 0.337 e. The van der Waals surface area contributed by atoms with Crippen LogP contribution in [-0.2, 0) is 4.74 Å². The molecule has 4 nitrogen and oxygen atoms in total. The highest BCUT2D eigenvalue weighted by Gasteiger charge is 2.07. The van der Waals surface area contributed by atoms with E-state index in [4.69, 9.17) is 5.73 Å². The first-order chi connectivity index (χ1) is 7.69. The Morgan fingerprint density at radius 1 is 1.50 bits per heavy atom. The molecule has 16 heavy (non-hydrogen) atoms. The molecular weight excluding hydrogens is 204 g/mol. The summed E-state index contributed by atoms with van der Waals surface area (Å²) < 4.78 is 4.67. The van der Waals surface area contributed by atoms with E-state index in [1.54, 1.807) is 6.07 Å². The summed E-state index contributed by atoms with van der Waals surface area (Å²) in [5, 5.41) is 0.